The molecule has 3 N–H and O–H groups in total. The lowest BCUT2D eigenvalue weighted by Gasteiger charge is -2.33. The van der Waals surface area contributed by atoms with Crippen molar-refractivity contribution in [3.63, 3.8) is 0 Å². The van der Waals surface area contributed by atoms with Crippen molar-refractivity contribution in [2.75, 3.05) is 45.1 Å². The van der Waals surface area contributed by atoms with Crippen molar-refractivity contribution in [3.8, 4) is 0 Å². The molecule has 1 saturated heterocycles. The topological polar surface area (TPSA) is 46.7 Å². The third-order valence-corrected chi connectivity index (χ3v) is 6.67. The first-order valence-electron chi connectivity index (χ1n) is 8.42. The van der Waals surface area contributed by atoms with Crippen molar-refractivity contribution in [1.29, 1.82) is 0 Å². The molecule has 3 aromatic heterocycles. The van der Waals surface area contributed by atoms with Gasteiger partial charge in [0.05, 0.1) is 23.9 Å². The Bertz CT molecular complexity index is 777. The zero-order valence-corrected chi connectivity index (χ0v) is 15.4. The van der Waals surface area contributed by atoms with Crippen LogP contribution in [-0.2, 0) is 0 Å². The third kappa shape index (κ3) is 3.30. The lowest BCUT2D eigenvalue weighted by molar-refractivity contribution is -1.02. The van der Waals surface area contributed by atoms with E-state index in [4.69, 9.17) is 0 Å². The number of likely N-dealkylation sites (N-methyl/N-ethyl adjacent to an activating group) is 1. The molecule has 24 heavy (non-hydrogen) atoms. The fourth-order valence-electron chi connectivity index (χ4n) is 3.41. The van der Waals surface area contributed by atoms with Crippen LogP contribution < -0.4 is 15.1 Å². The zero-order valence-electron chi connectivity index (χ0n) is 13.8. The standard InChI is InChI=1S/C17H21N5S2/c1-21-5-7-22(8-6-21)14(15-3-2-9-23-15)11-18-16-13-4-10-24-17(13)20-12-19-16/h2-4,9-10,12,14H,5-8,11H2,1H3,(H,18,19,20)/p+2/t14-/m0/s1. The van der Waals surface area contributed by atoms with Gasteiger partial charge in [-0.25, -0.2) is 9.97 Å². The zero-order chi connectivity index (χ0) is 16.4. The molecule has 5 nitrogen and oxygen atoms in total. The van der Waals surface area contributed by atoms with E-state index in [9.17, 15) is 0 Å². The number of anilines is 1. The molecule has 0 spiro atoms. The molecule has 0 saturated carbocycles. The molecule has 0 unspecified atom stereocenters. The summed E-state index contributed by atoms with van der Waals surface area (Å²) in [6, 6.07) is 7.03. The predicted octanol–water partition coefficient (Wildman–Crippen LogP) is 0.319. The molecule has 7 heteroatoms. The molecule has 0 aromatic carbocycles. The minimum atomic E-state index is 0.488. The molecule has 0 radical (unpaired) electrons. The molecule has 3 aromatic rings. The van der Waals surface area contributed by atoms with E-state index in [1.807, 2.05) is 11.3 Å². The summed E-state index contributed by atoms with van der Waals surface area (Å²) in [5, 5.41) is 9.00. The van der Waals surface area contributed by atoms with Gasteiger partial charge in [-0.05, 0) is 22.9 Å². The summed E-state index contributed by atoms with van der Waals surface area (Å²) in [4.78, 5) is 14.7. The van der Waals surface area contributed by atoms with Gasteiger partial charge in [0.2, 0.25) is 0 Å². The molecule has 4 heterocycles. The molecule has 4 rings (SSSR count). The fraction of sp³-hybridized carbons (Fsp3) is 0.412. The van der Waals surface area contributed by atoms with Crippen LogP contribution in [0.1, 0.15) is 10.9 Å². The van der Waals surface area contributed by atoms with E-state index in [1.165, 1.54) is 31.1 Å². The largest absolute Gasteiger partial charge is 0.363 e. The lowest BCUT2D eigenvalue weighted by atomic mass is 10.1. The van der Waals surface area contributed by atoms with E-state index in [2.05, 4.69) is 51.3 Å². The molecule has 126 valence electrons. The SMILES string of the molecule is C[NH+]1CC[NH+]([C@@H](CNc2ncnc3sccc23)c2cccs2)CC1. The second-order valence-corrected chi connectivity index (χ2v) is 8.30. The fourth-order valence-corrected chi connectivity index (χ4v) is 5.03. The first-order chi connectivity index (χ1) is 11.8. The molecule has 0 aliphatic carbocycles. The normalized spacial score (nSPS) is 22.5. The van der Waals surface area contributed by atoms with Crippen molar-refractivity contribution < 1.29 is 9.80 Å². The van der Waals surface area contributed by atoms with E-state index in [1.54, 1.807) is 27.5 Å². The van der Waals surface area contributed by atoms with Gasteiger partial charge in [0.15, 0.2) is 0 Å². The van der Waals surface area contributed by atoms with Crippen LogP contribution in [0.2, 0.25) is 0 Å². The Morgan fingerprint density at radius 1 is 1.12 bits per heavy atom. The van der Waals surface area contributed by atoms with E-state index in [0.29, 0.717) is 6.04 Å². The minimum Gasteiger partial charge on any atom is -0.363 e. The number of rotatable bonds is 5. The number of nitrogens with zero attached hydrogens (tertiary/aromatic N) is 2. The second kappa shape index (κ2) is 7.14. The maximum absolute atomic E-state index is 4.46. The summed E-state index contributed by atoms with van der Waals surface area (Å²) in [6.45, 7) is 5.87. The van der Waals surface area contributed by atoms with Gasteiger partial charge < -0.3 is 15.1 Å². The first kappa shape index (κ1) is 16.0. The van der Waals surface area contributed by atoms with Crippen LogP contribution in [0.25, 0.3) is 10.2 Å². The quantitative estimate of drug-likeness (QED) is 0.613. The van der Waals surface area contributed by atoms with Crippen molar-refractivity contribution >= 4 is 38.7 Å². The molecular weight excluding hydrogens is 338 g/mol. The summed E-state index contributed by atoms with van der Waals surface area (Å²) in [6.07, 6.45) is 1.66. The number of nitrogens with one attached hydrogen (secondary N) is 3. The summed E-state index contributed by atoms with van der Waals surface area (Å²) in [5.41, 5.74) is 0. The second-order valence-electron chi connectivity index (χ2n) is 6.43. The van der Waals surface area contributed by atoms with Crippen LogP contribution in [0.3, 0.4) is 0 Å². The Morgan fingerprint density at radius 3 is 2.79 bits per heavy atom. The van der Waals surface area contributed by atoms with Crippen LogP contribution in [0.5, 0.6) is 0 Å². The van der Waals surface area contributed by atoms with E-state index in [0.717, 1.165) is 22.6 Å². The van der Waals surface area contributed by atoms with E-state index in [-0.39, 0.29) is 0 Å². The van der Waals surface area contributed by atoms with Crippen LogP contribution in [0.15, 0.2) is 35.3 Å². The molecule has 1 atom stereocenters. The van der Waals surface area contributed by atoms with E-state index >= 15 is 0 Å². The maximum atomic E-state index is 4.46. The van der Waals surface area contributed by atoms with Gasteiger partial charge in [-0.3, -0.25) is 0 Å². The number of hydrogen-bond acceptors (Lipinski definition) is 5. The Hall–Kier alpha value is -1.54. The number of hydrogen-bond donors (Lipinski definition) is 3. The molecule has 1 aliphatic heterocycles. The van der Waals surface area contributed by atoms with Gasteiger partial charge in [0.25, 0.3) is 0 Å². The lowest BCUT2D eigenvalue weighted by Crippen LogP contribution is -3.27. The number of fused-ring (bicyclic) bond motifs is 1. The number of quaternary nitrogens is 2. The van der Waals surface area contributed by atoms with Crippen LogP contribution in [0.4, 0.5) is 5.82 Å². The summed E-state index contributed by atoms with van der Waals surface area (Å²) < 4.78 is 0. The number of thiophene rings is 2. The average Bonchev–Trinajstić information content (AvgIpc) is 3.28. The van der Waals surface area contributed by atoms with Gasteiger partial charge in [0.1, 0.15) is 49.2 Å². The van der Waals surface area contributed by atoms with Crippen molar-refractivity contribution in [1.82, 2.24) is 9.97 Å². The number of aromatic nitrogens is 2. The molecule has 0 amide bonds. The maximum Gasteiger partial charge on any atom is 0.140 e. The molecule has 1 aliphatic rings. The van der Waals surface area contributed by atoms with Crippen LogP contribution in [0, 0.1) is 0 Å². The Balaban J connectivity index is 1.53. The highest BCUT2D eigenvalue weighted by atomic mass is 32.1. The van der Waals surface area contributed by atoms with E-state index < -0.39 is 0 Å². The van der Waals surface area contributed by atoms with Gasteiger partial charge in [0, 0.05) is 0 Å². The molecule has 1 fully saturated rings. The summed E-state index contributed by atoms with van der Waals surface area (Å²) in [7, 11) is 2.30. The van der Waals surface area contributed by atoms with Crippen molar-refractivity contribution in [3.05, 3.63) is 40.2 Å². The number of piperazine rings is 1. The summed E-state index contributed by atoms with van der Waals surface area (Å²) >= 11 is 3.53. The van der Waals surface area contributed by atoms with Gasteiger partial charge in [-0.15, -0.1) is 22.7 Å². The van der Waals surface area contributed by atoms with Gasteiger partial charge in [-0.2, -0.15) is 0 Å². The van der Waals surface area contributed by atoms with Crippen LogP contribution in [-0.4, -0.2) is 49.7 Å². The van der Waals surface area contributed by atoms with Gasteiger partial charge in [-0.1, -0.05) is 6.07 Å². The van der Waals surface area contributed by atoms with Crippen LogP contribution >= 0.6 is 22.7 Å². The highest BCUT2D eigenvalue weighted by Crippen LogP contribution is 2.24. The highest BCUT2D eigenvalue weighted by Gasteiger charge is 2.30. The molecule has 0 bridgehead atoms. The smallest absolute Gasteiger partial charge is 0.140 e. The third-order valence-electron chi connectivity index (χ3n) is 4.86. The Morgan fingerprint density at radius 2 is 2.00 bits per heavy atom. The Labute approximate surface area is 150 Å². The van der Waals surface area contributed by atoms with Crippen molar-refractivity contribution in [2.45, 2.75) is 6.04 Å². The summed E-state index contributed by atoms with van der Waals surface area (Å²) in [5.74, 6) is 0.960. The Kier molecular flexibility index (Phi) is 4.75. The molecular formula is C17H23N5S2+2. The predicted molar refractivity (Wildman–Crippen MR) is 100 cm³/mol. The van der Waals surface area contributed by atoms with Gasteiger partial charge >= 0.3 is 0 Å². The monoisotopic (exact) mass is 361 g/mol. The first-order valence-corrected chi connectivity index (χ1v) is 10.2. The highest BCUT2D eigenvalue weighted by molar-refractivity contribution is 7.16. The van der Waals surface area contributed by atoms with Crippen molar-refractivity contribution in [2.24, 2.45) is 0 Å². The minimum absolute atomic E-state index is 0.488. The average molecular weight is 362 g/mol.